The van der Waals surface area contributed by atoms with Crippen LogP contribution in [0.5, 0.6) is 0 Å². The normalized spacial score (nSPS) is 7.14. The fourth-order valence-corrected chi connectivity index (χ4v) is 0.710. The molecule has 0 aliphatic carbocycles. The molecule has 0 saturated carbocycles. The Bertz CT molecular complexity index is 301. The van der Waals surface area contributed by atoms with Crippen molar-refractivity contribution in [3.63, 3.8) is 0 Å². The molecule has 1 aromatic rings. The molecule has 0 aromatic heterocycles. The summed E-state index contributed by atoms with van der Waals surface area (Å²) in [5.74, 6) is -1.29. The van der Waals surface area contributed by atoms with Crippen molar-refractivity contribution in [3.05, 3.63) is 35.4 Å². The molecule has 0 fully saturated rings. The van der Waals surface area contributed by atoms with Crippen LogP contribution in [0.15, 0.2) is 24.3 Å². The Labute approximate surface area is 167 Å². The number of carboxylic acids is 1. The number of rotatable bonds is 2. The quantitative estimate of drug-likeness (QED) is 0.382. The minimum atomic E-state index is -1.29. The van der Waals surface area contributed by atoms with Crippen molar-refractivity contribution in [3.8, 4) is 0 Å². The van der Waals surface area contributed by atoms with Gasteiger partial charge in [-0.05, 0) is 0 Å². The van der Waals surface area contributed by atoms with Crippen LogP contribution in [0, 0.1) is 0 Å². The van der Waals surface area contributed by atoms with Crippen LogP contribution in [0.25, 0.3) is 0 Å². The van der Waals surface area contributed by atoms with Crippen molar-refractivity contribution in [2.45, 2.75) is 0 Å². The van der Waals surface area contributed by atoms with Crippen molar-refractivity contribution in [1.29, 1.82) is 0 Å². The first-order valence-electron chi connectivity index (χ1n) is 2.93. The molecule has 0 bridgehead atoms. The topological polar surface area (TPSA) is 87.2 Å². The van der Waals surface area contributed by atoms with E-state index in [1.807, 2.05) is 0 Å². The smallest absolute Gasteiger partial charge is 0.870 e. The predicted octanol–water partition coefficient (Wildman–Crippen LogP) is -6.66. The molecule has 4 nitrogen and oxygen atoms in total. The number of carbonyl (C=O) groups excluding carboxylic acids is 2. The summed E-state index contributed by atoms with van der Waals surface area (Å²) < 4.78 is 0. The molecule has 6 heteroatoms. The second kappa shape index (κ2) is 11.1. The van der Waals surface area contributed by atoms with Crippen LogP contribution < -0.4 is 108 Å². The van der Waals surface area contributed by atoms with Crippen molar-refractivity contribution < 1.29 is 123 Å². The predicted molar refractivity (Wildman–Crippen MR) is 37.5 cm³/mol. The molecule has 0 radical (unpaired) electrons. The first-order chi connectivity index (χ1) is 5.24. The molecular formula is C8H5K2O4-. The molecule has 0 aliphatic heterocycles. The first-order valence-corrected chi connectivity index (χ1v) is 2.93. The second-order valence-corrected chi connectivity index (χ2v) is 1.97. The van der Waals surface area contributed by atoms with Crippen molar-refractivity contribution in [2.24, 2.45) is 0 Å². The van der Waals surface area contributed by atoms with E-state index in [0.717, 1.165) is 0 Å². The van der Waals surface area contributed by atoms with Gasteiger partial charge in [0, 0.05) is 0 Å². The van der Waals surface area contributed by atoms with E-state index in [4.69, 9.17) is 0 Å². The molecule has 1 aromatic carbocycles. The summed E-state index contributed by atoms with van der Waals surface area (Å²) in [6, 6.07) is 5.50. The third kappa shape index (κ3) is 6.96. The average Bonchev–Trinajstić information content (AvgIpc) is 2.05. The van der Waals surface area contributed by atoms with Crippen LogP contribution >= 0.6 is 0 Å². The third-order valence-electron chi connectivity index (χ3n) is 1.22. The maximum atomic E-state index is 10.2. The minimum absolute atomic E-state index is 0. The third-order valence-corrected chi connectivity index (χ3v) is 1.22. The van der Waals surface area contributed by atoms with Crippen LogP contribution in [0.1, 0.15) is 15.9 Å². The minimum Gasteiger partial charge on any atom is -0.870 e. The molecule has 14 heavy (non-hydrogen) atoms. The second-order valence-electron chi connectivity index (χ2n) is 1.97. The summed E-state index contributed by atoms with van der Waals surface area (Å²) in [6.45, 7) is 0. The summed E-state index contributed by atoms with van der Waals surface area (Å²) >= 11 is 0. The Kier molecular flexibility index (Phi) is 16.6. The van der Waals surface area contributed by atoms with E-state index in [9.17, 15) is 14.7 Å². The Morgan fingerprint density at radius 3 is 2.29 bits per heavy atom. The Morgan fingerprint density at radius 1 is 1.29 bits per heavy atom. The molecule has 0 aliphatic rings. The van der Waals surface area contributed by atoms with Crippen LogP contribution in [-0.4, -0.2) is 17.7 Å². The van der Waals surface area contributed by atoms with Crippen molar-refractivity contribution in [2.75, 3.05) is 0 Å². The van der Waals surface area contributed by atoms with Gasteiger partial charge < -0.3 is 20.2 Å². The van der Waals surface area contributed by atoms with Crippen LogP contribution in [-0.2, 0) is 4.79 Å². The Morgan fingerprint density at radius 2 is 1.86 bits per heavy atom. The molecule has 0 heterocycles. The van der Waals surface area contributed by atoms with Crippen LogP contribution in [0.3, 0.4) is 0 Å². The summed E-state index contributed by atoms with van der Waals surface area (Å²) in [5, 5.41) is 10.2. The number of aromatic carboxylic acids is 1. The summed E-state index contributed by atoms with van der Waals surface area (Å²) in [4.78, 5) is 20.3. The SMILES string of the molecule is O=[C-]c1cccc(C(=O)[O-])c1.[K+].[K+].[OH-]. The van der Waals surface area contributed by atoms with Gasteiger partial charge in [-0.1, -0.05) is 11.6 Å². The zero-order valence-corrected chi connectivity index (χ0v) is 14.2. The Hall–Kier alpha value is 1.59. The van der Waals surface area contributed by atoms with Gasteiger partial charge in [0.2, 0.25) is 0 Å². The number of carboxylic acid groups (broad SMARTS) is 1. The summed E-state index contributed by atoms with van der Waals surface area (Å²) in [5.41, 5.74) is 0.206. The summed E-state index contributed by atoms with van der Waals surface area (Å²) in [7, 11) is 0. The van der Waals surface area contributed by atoms with Gasteiger partial charge in [0.25, 0.3) is 0 Å². The van der Waals surface area contributed by atoms with Gasteiger partial charge in [-0.25, -0.2) is 0 Å². The molecular weight excluding hydrogens is 238 g/mol. The monoisotopic (exact) mass is 243 g/mol. The van der Waals surface area contributed by atoms with E-state index in [2.05, 4.69) is 0 Å². The molecule has 1 rings (SSSR count). The molecule has 64 valence electrons. The van der Waals surface area contributed by atoms with Gasteiger partial charge in [0.1, 0.15) is 0 Å². The van der Waals surface area contributed by atoms with Crippen molar-refractivity contribution >= 4 is 12.3 Å². The molecule has 0 unspecified atom stereocenters. The zero-order valence-electron chi connectivity index (χ0n) is 7.98. The first kappa shape index (κ1) is 20.9. The van der Waals surface area contributed by atoms with Crippen LogP contribution in [0.2, 0.25) is 0 Å². The van der Waals surface area contributed by atoms with E-state index >= 15 is 0 Å². The molecule has 1 N–H and O–H groups in total. The maximum absolute atomic E-state index is 10.2. The van der Waals surface area contributed by atoms with Gasteiger partial charge >= 0.3 is 103 Å². The zero-order chi connectivity index (χ0) is 8.27. The van der Waals surface area contributed by atoms with Gasteiger partial charge in [-0.2, -0.15) is 17.7 Å². The largest absolute Gasteiger partial charge is 1.00 e. The molecule has 0 amide bonds. The fourth-order valence-electron chi connectivity index (χ4n) is 0.710. The average molecular weight is 243 g/mol. The van der Waals surface area contributed by atoms with E-state index in [1.54, 1.807) is 6.29 Å². The van der Waals surface area contributed by atoms with E-state index in [-0.39, 0.29) is 119 Å². The number of hydrogen-bond donors (Lipinski definition) is 0. The summed E-state index contributed by atoms with van der Waals surface area (Å²) in [6.07, 6.45) is 1.58. The van der Waals surface area contributed by atoms with Crippen molar-refractivity contribution in [1.82, 2.24) is 0 Å². The van der Waals surface area contributed by atoms with E-state index < -0.39 is 5.97 Å². The number of carbonyl (C=O) groups is 1. The maximum Gasteiger partial charge on any atom is 1.00 e. The fraction of sp³-hybridized carbons (Fsp3) is 0. The molecule has 0 spiro atoms. The van der Waals surface area contributed by atoms with Gasteiger partial charge in [0.15, 0.2) is 0 Å². The standard InChI is InChI=1S/C8H5O3.2K.H2O/c9-5-6-2-1-3-7(4-6)8(10)11;;;/h1-4H,(H,10,11);;;1H2/q-1;2*+1;/p-2. The van der Waals surface area contributed by atoms with Gasteiger partial charge in [-0.3, -0.25) is 0 Å². The van der Waals surface area contributed by atoms with E-state index in [0.29, 0.717) is 0 Å². The van der Waals surface area contributed by atoms with Gasteiger partial charge in [0.05, 0.1) is 12.3 Å². The molecule has 0 saturated heterocycles. The van der Waals surface area contributed by atoms with Crippen LogP contribution in [0.4, 0.5) is 0 Å². The number of benzene rings is 1. The number of hydrogen-bond acceptors (Lipinski definition) is 4. The van der Waals surface area contributed by atoms with Gasteiger partial charge in [-0.15, -0.1) is 6.07 Å². The Balaban J connectivity index is -0.000000403. The van der Waals surface area contributed by atoms with E-state index in [1.165, 1.54) is 24.3 Å². The molecule has 0 atom stereocenters.